The molecule has 2 aromatic carbocycles. The molecule has 152 valence electrons. The zero-order chi connectivity index (χ0) is 20.8. The van der Waals surface area contributed by atoms with Crippen molar-refractivity contribution in [1.82, 2.24) is 14.5 Å². The van der Waals surface area contributed by atoms with Gasteiger partial charge in [0.2, 0.25) is 5.91 Å². The van der Waals surface area contributed by atoms with Crippen molar-refractivity contribution < 1.29 is 9.53 Å². The van der Waals surface area contributed by atoms with Crippen molar-refractivity contribution in [3.8, 4) is 5.75 Å². The summed E-state index contributed by atoms with van der Waals surface area (Å²) < 4.78 is 7.18. The van der Waals surface area contributed by atoms with E-state index in [0.717, 1.165) is 11.1 Å². The largest absolute Gasteiger partial charge is 0.490 e. The Morgan fingerprint density at radius 2 is 2.00 bits per heavy atom. The van der Waals surface area contributed by atoms with Crippen LogP contribution >= 0.6 is 11.6 Å². The van der Waals surface area contributed by atoms with Crippen molar-refractivity contribution in [3.63, 3.8) is 0 Å². The van der Waals surface area contributed by atoms with Crippen LogP contribution in [0.3, 0.4) is 0 Å². The average molecular weight is 414 g/mol. The molecule has 1 amide bonds. The van der Waals surface area contributed by atoms with Gasteiger partial charge in [0.1, 0.15) is 12.4 Å². The van der Waals surface area contributed by atoms with E-state index in [1.165, 1.54) is 0 Å². The highest BCUT2D eigenvalue weighted by Crippen LogP contribution is 2.22. The molecule has 7 heteroatoms. The molecule has 0 aliphatic heterocycles. The van der Waals surface area contributed by atoms with E-state index < -0.39 is 0 Å². The summed E-state index contributed by atoms with van der Waals surface area (Å²) in [4.78, 5) is 30.9. The van der Waals surface area contributed by atoms with E-state index in [0.29, 0.717) is 48.7 Å². The van der Waals surface area contributed by atoms with Crippen molar-refractivity contribution in [2.75, 3.05) is 20.2 Å². The summed E-state index contributed by atoms with van der Waals surface area (Å²) in [6, 6.07) is 12.8. The Morgan fingerprint density at radius 3 is 2.79 bits per heavy atom. The Kier molecular flexibility index (Phi) is 6.88. The third kappa shape index (κ3) is 5.15. The second kappa shape index (κ2) is 9.56. The highest BCUT2D eigenvalue weighted by atomic mass is 35.5. The standard InChI is InChI=1S/C22H24ClN3O3/c1-16-7-5-8-17-21(16)24-15-26(22(17)28)12-6-11-20(27)25(2)13-14-29-19-10-4-3-9-18(19)23/h3-5,7-10,15H,6,11-14H2,1-2H3. The molecule has 0 atom stereocenters. The molecule has 3 aromatic rings. The van der Waals surface area contributed by atoms with Crippen LogP contribution in [-0.2, 0) is 11.3 Å². The predicted molar refractivity (Wildman–Crippen MR) is 115 cm³/mol. The van der Waals surface area contributed by atoms with Crippen LogP contribution in [0.25, 0.3) is 10.9 Å². The number of aryl methyl sites for hydroxylation is 2. The number of halogens is 1. The van der Waals surface area contributed by atoms with Crippen LogP contribution < -0.4 is 10.3 Å². The number of carbonyl (C=O) groups excluding carboxylic acids is 1. The number of rotatable bonds is 8. The lowest BCUT2D eigenvalue weighted by atomic mass is 10.1. The Morgan fingerprint density at radius 1 is 1.21 bits per heavy atom. The smallest absolute Gasteiger partial charge is 0.261 e. The molecule has 0 N–H and O–H groups in total. The van der Waals surface area contributed by atoms with Gasteiger partial charge in [-0.25, -0.2) is 4.98 Å². The summed E-state index contributed by atoms with van der Waals surface area (Å²) in [5.41, 5.74) is 1.62. The number of hydrogen-bond donors (Lipinski definition) is 0. The average Bonchev–Trinajstić information content (AvgIpc) is 2.71. The van der Waals surface area contributed by atoms with E-state index in [-0.39, 0.29) is 11.5 Å². The fourth-order valence-corrected chi connectivity index (χ4v) is 3.26. The van der Waals surface area contributed by atoms with Gasteiger partial charge in [0.25, 0.3) is 5.56 Å². The molecule has 0 radical (unpaired) electrons. The summed E-state index contributed by atoms with van der Waals surface area (Å²) in [5, 5.41) is 1.15. The molecule has 0 fully saturated rings. The van der Waals surface area contributed by atoms with Crippen molar-refractivity contribution in [2.24, 2.45) is 0 Å². The lowest BCUT2D eigenvalue weighted by Crippen LogP contribution is -2.31. The van der Waals surface area contributed by atoms with Gasteiger partial charge in [0.15, 0.2) is 0 Å². The molecule has 29 heavy (non-hydrogen) atoms. The summed E-state index contributed by atoms with van der Waals surface area (Å²) in [7, 11) is 1.74. The molecule has 0 saturated carbocycles. The molecule has 0 spiro atoms. The van der Waals surface area contributed by atoms with E-state index in [9.17, 15) is 9.59 Å². The SMILES string of the molecule is Cc1cccc2c(=O)n(CCCC(=O)N(C)CCOc3ccccc3Cl)cnc12. The number of ether oxygens (including phenoxy) is 1. The quantitative estimate of drug-likeness (QED) is 0.565. The van der Waals surface area contributed by atoms with Crippen LogP contribution in [0, 0.1) is 6.92 Å². The number of carbonyl (C=O) groups is 1. The van der Waals surface area contributed by atoms with Crippen LogP contribution in [0.1, 0.15) is 18.4 Å². The van der Waals surface area contributed by atoms with Crippen molar-refractivity contribution in [1.29, 1.82) is 0 Å². The van der Waals surface area contributed by atoms with E-state index >= 15 is 0 Å². The maximum atomic E-state index is 12.6. The fraction of sp³-hybridized carbons (Fsp3) is 0.318. The third-order valence-electron chi connectivity index (χ3n) is 4.79. The monoisotopic (exact) mass is 413 g/mol. The number of aromatic nitrogens is 2. The van der Waals surface area contributed by atoms with Gasteiger partial charge in [-0.05, 0) is 37.1 Å². The highest BCUT2D eigenvalue weighted by Gasteiger charge is 2.10. The number of fused-ring (bicyclic) bond motifs is 1. The molecular weight excluding hydrogens is 390 g/mol. The van der Waals surface area contributed by atoms with Crippen LogP contribution in [0.4, 0.5) is 0 Å². The fourth-order valence-electron chi connectivity index (χ4n) is 3.07. The molecule has 0 aliphatic carbocycles. The van der Waals surface area contributed by atoms with Gasteiger partial charge in [-0.1, -0.05) is 35.9 Å². The third-order valence-corrected chi connectivity index (χ3v) is 5.10. The first-order chi connectivity index (χ1) is 14.0. The maximum absolute atomic E-state index is 12.6. The first-order valence-corrected chi connectivity index (χ1v) is 9.91. The van der Waals surface area contributed by atoms with Gasteiger partial charge in [-0.15, -0.1) is 0 Å². The number of benzene rings is 2. The second-order valence-corrected chi connectivity index (χ2v) is 7.32. The summed E-state index contributed by atoms with van der Waals surface area (Å²) in [6.07, 6.45) is 2.47. The Hall–Kier alpha value is -2.86. The van der Waals surface area contributed by atoms with Crippen LogP contribution in [0.15, 0.2) is 53.6 Å². The van der Waals surface area contributed by atoms with Crippen LogP contribution in [-0.4, -0.2) is 40.6 Å². The van der Waals surface area contributed by atoms with Crippen molar-refractivity contribution in [3.05, 3.63) is 69.7 Å². The minimum Gasteiger partial charge on any atom is -0.490 e. The summed E-state index contributed by atoms with van der Waals surface area (Å²) >= 11 is 6.05. The van der Waals surface area contributed by atoms with Crippen molar-refractivity contribution >= 4 is 28.4 Å². The zero-order valence-electron chi connectivity index (χ0n) is 16.6. The zero-order valence-corrected chi connectivity index (χ0v) is 17.4. The molecule has 3 rings (SSSR count). The van der Waals surface area contributed by atoms with Gasteiger partial charge in [-0.3, -0.25) is 14.2 Å². The molecule has 1 aromatic heterocycles. The normalized spacial score (nSPS) is 10.9. The second-order valence-electron chi connectivity index (χ2n) is 6.91. The molecule has 6 nitrogen and oxygen atoms in total. The van der Waals surface area contributed by atoms with Crippen LogP contribution in [0.5, 0.6) is 5.75 Å². The molecule has 0 saturated heterocycles. The summed E-state index contributed by atoms with van der Waals surface area (Å²) in [5.74, 6) is 0.610. The number of para-hydroxylation sites is 2. The van der Waals surface area contributed by atoms with Gasteiger partial charge < -0.3 is 9.64 Å². The molecule has 0 bridgehead atoms. The highest BCUT2D eigenvalue weighted by molar-refractivity contribution is 6.32. The topological polar surface area (TPSA) is 64.4 Å². The van der Waals surface area contributed by atoms with Gasteiger partial charge in [0, 0.05) is 20.0 Å². The van der Waals surface area contributed by atoms with E-state index in [1.54, 1.807) is 41.0 Å². The molecular formula is C22H24ClN3O3. The first kappa shape index (κ1) is 20.9. The van der Waals surface area contributed by atoms with E-state index in [2.05, 4.69) is 4.98 Å². The lowest BCUT2D eigenvalue weighted by molar-refractivity contribution is -0.130. The molecule has 1 heterocycles. The van der Waals surface area contributed by atoms with Gasteiger partial charge in [-0.2, -0.15) is 0 Å². The summed E-state index contributed by atoms with van der Waals surface area (Å²) in [6.45, 7) is 3.20. The first-order valence-electron chi connectivity index (χ1n) is 9.53. The lowest BCUT2D eigenvalue weighted by Gasteiger charge is -2.18. The van der Waals surface area contributed by atoms with E-state index in [1.807, 2.05) is 31.2 Å². The number of nitrogens with zero attached hydrogens (tertiary/aromatic N) is 3. The molecule has 0 unspecified atom stereocenters. The van der Waals surface area contributed by atoms with Gasteiger partial charge in [0.05, 0.1) is 28.8 Å². The number of hydrogen-bond acceptors (Lipinski definition) is 4. The molecule has 0 aliphatic rings. The number of likely N-dealkylation sites (N-methyl/N-ethyl adjacent to an activating group) is 1. The van der Waals surface area contributed by atoms with Crippen molar-refractivity contribution in [2.45, 2.75) is 26.3 Å². The minimum absolute atomic E-state index is 0.00500. The van der Waals surface area contributed by atoms with E-state index in [4.69, 9.17) is 16.3 Å². The Balaban J connectivity index is 1.48. The van der Waals surface area contributed by atoms with Gasteiger partial charge >= 0.3 is 0 Å². The Labute approximate surface area is 174 Å². The maximum Gasteiger partial charge on any atom is 0.261 e. The predicted octanol–water partition coefficient (Wildman–Crippen LogP) is 3.68. The Bertz CT molecular complexity index is 1060. The minimum atomic E-state index is -0.0763. The number of amides is 1. The van der Waals surface area contributed by atoms with Crippen LogP contribution in [0.2, 0.25) is 5.02 Å².